The van der Waals surface area contributed by atoms with Crippen LogP contribution in [0.1, 0.15) is 43.6 Å². The number of imidazole rings is 1. The van der Waals surface area contributed by atoms with Crippen LogP contribution < -0.4 is 0 Å². The van der Waals surface area contributed by atoms with Crippen molar-refractivity contribution in [2.24, 2.45) is 0 Å². The van der Waals surface area contributed by atoms with E-state index in [0.717, 1.165) is 22.7 Å². The Bertz CT molecular complexity index is 610. The summed E-state index contributed by atoms with van der Waals surface area (Å²) in [4.78, 5) is 9.31. The van der Waals surface area contributed by atoms with Gasteiger partial charge in [0.25, 0.3) is 0 Å². The van der Waals surface area contributed by atoms with E-state index in [-0.39, 0.29) is 0 Å². The molecule has 1 aliphatic rings. The Kier molecular flexibility index (Phi) is 4.22. The van der Waals surface area contributed by atoms with Crippen LogP contribution in [0, 0.1) is 6.92 Å². The summed E-state index contributed by atoms with van der Waals surface area (Å²) < 4.78 is 2.32. The zero-order chi connectivity index (χ0) is 14.1. The number of hydrogen-bond acceptors (Lipinski definition) is 3. The van der Waals surface area contributed by atoms with Crippen molar-refractivity contribution in [1.82, 2.24) is 14.5 Å². The molecule has 20 heavy (non-hydrogen) atoms. The number of hydrogen-bond donors (Lipinski definition) is 0. The van der Waals surface area contributed by atoms with Gasteiger partial charge in [0.05, 0.1) is 5.88 Å². The van der Waals surface area contributed by atoms with Gasteiger partial charge in [-0.15, -0.1) is 11.6 Å². The lowest BCUT2D eigenvalue weighted by Crippen LogP contribution is -2.18. The fourth-order valence-corrected chi connectivity index (χ4v) is 4.64. The maximum Gasteiger partial charge on any atom is 0.160 e. The summed E-state index contributed by atoms with van der Waals surface area (Å²) in [5.74, 6) is 2.59. The number of rotatable bonds is 4. The van der Waals surface area contributed by atoms with E-state index in [4.69, 9.17) is 16.6 Å². The highest BCUT2D eigenvalue weighted by molar-refractivity contribution is 7.99. The summed E-state index contributed by atoms with van der Waals surface area (Å²) in [6, 6.07) is 2.51. The van der Waals surface area contributed by atoms with E-state index in [0.29, 0.717) is 17.2 Å². The number of pyridine rings is 1. The van der Waals surface area contributed by atoms with Crippen LogP contribution >= 0.6 is 23.4 Å². The highest BCUT2D eigenvalue weighted by atomic mass is 35.5. The molecule has 108 valence electrons. The standard InChI is InChI=1S/C15H20ClN3S/c1-3-20-12-6-4-5-11(12)19-13(9-16)18-14-10(2)7-8-17-15(14)19/h7-8,11-12H,3-6,9H2,1-2H3. The molecule has 0 bridgehead atoms. The molecule has 0 amide bonds. The Balaban J connectivity index is 2.12. The van der Waals surface area contributed by atoms with Crippen molar-refractivity contribution in [2.75, 3.05) is 5.75 Å². The van der Waals surface area contributed by atoms with Crippen molar-refractivity contribution in [3.8, 4) is 0 Å². The van der Waals surface area contributed by atoms with Crippen molar-refractivity contribution in [1.29, 1.82) is 0 Å². The molecule has 2 aromatic rings. The third-order valence-electron chi connectivity index (χ3n) is 4.10. The molecule has 0 aliphatic heterocycles. The molecular weight excluding hydrogens is 290 g/mol. The second-order valence-corrected chi connectivity index (χ2v) is 7.11. The first-order valence-corrected chi connectivity index (χ1v) is 8.84. The monoisotopic (exact) mass is 309 g/mol. The normalized spacial score (nSPS) is 22.8. The van der Waals surface area contributed by atoms with Gasteiger partial charge in [0.2, 0.25) is 0 Å². The van der Waals surface area contributed by atoms with Crippen molar-refractivity contribution in [3.63, 3.8) is 0 Å². The van der Waals surface area contributed by atoms with Gasteiger partial charge in [0, 0.05) is 17.5 Å². The summed E-state index contributed by atoms with van der Waals surface area (Å²) in [7, 11) is 0. The van der Waals surface area contributed by atoms with Crippen LogP contribution in [0.5, 0.6) is 0 Å². The summed E-state index contributed by atoms with van der Waals surface area (Å²) in [5, 5.41) is 0.668. The maximum absolute atomic E-state index is 6.14. The van der Waals surface area contributed by atoms with Gasteiger partial charge in [-0.1, -0.05) is 13.3 Å². The zero-order valence-corrected chi connectivity index (χ0v) is 13.5. The number of nitrogens with zero attached hydrogens (tertiary/aromatic N) is 3. The quantitative estimate of drug-likeness (QED) is 0.788. The summed E-state index contributed by atoms with van der Waals surface area (Å²) in [5.41, 5.74) is 3.20. The largest absolute Gasteiger partial charge is 0.307 e. The summed E-state index contributed by atoms with van der Waals surface area (Å²) >= 11 is 8.20. The van der Waals surface area contributed by atoms with Gasteiger partial charge in [-0.25, -0.2) is 9.97 Å². The molecule has 3 nitrogen and oxygen atoms in total. The Hall–Kier alpha value is -0.740. The van der Waals surface area contributed by atoms with E-state index in [1.54, 1.807) is 0 Å². The Morgan fingerprint density at radius 1 is 1.45 bits per heavy atom. The van der Waals surface area contributed by atoms with Gasteiger partial charge in [-0.05, 0) is 37.1 Å². The minimum absolute atomic E-state index is 0.454. The fourth-order valence-electron chi connectivity index (χ4n) is 3.21. The lowest BCUT2D eigenvalue weighted by molar-refractivity contribution is 0.524. The molecule has 0 saturated heterocycles. The third kappa shape index (κ3) is 2.33. The fraction of sp³-hybridized carbons (Fsp3) is 0.600. The van der Waals surface area contributed by atoms with E-state index in [9.17, 15) is 0 Å². The molecule has 5 heteroatoms. The van der Waals surface area contributed by atoms with Crippen LogP contribution in [-0.2, 0) is 5.88 Å². The Morgan fingerprint density at radius 2 is 2.30 bits per heavy atom. The molecule has 0 radical (unpaired) electrons. The van der Waals surface area contributed by atoms with Crippen molar-refractivity contribution in [3.05, 3.63) is 23.7 Å². The third-order valence-corrected chi connectivity index (χ3v) is 5.65. The molecule has 1 fully saturated rings. The predicted octanol–water partition coefficient (Wildman–Crippen LogP) is 4.33. The summed E-state index contributed by atoms with van der Waals surface area (Å²) in [6.07, 6.45) is 5.67. The van der Waals surface area contributed by atoms with Crippen LogP contribution in [0.15, 0.2) is 12.3 Å². The van der Waals surface area contributed by atoms with E-state index in [1.807, 2.05) is 12.3 Å². The molecule has 2 aromatic heterocycles. The number of thioether (sulfide) groups is 1. The predicted molar refractivity (Wildman–Crippen MR) is 86.6 cm³/mol. The highest BCUT2D eigenvalue weighted by Crippen LogP contribution is 2.40. The number of alkyl halides is 1. The molecule has 1 saturated carbocycles. The van der Waals surface area contributed by atoms with Gasteiger partial charge in [0.15, 0.2) is 5.65 Å². The Morgan fingerprint density at radius 3 is 3.05 bits per heavy atom. The average molecular weight is 310 g/mol. The van der Waals surface area contributed by atoms with Crippen molar-refractivity contribution < 1.29 is 0 Å². The molecule has 0 spiro atoms. The first kappa shape index (κ1) is 14.2. The molecule has 1 aliphatic carbocycles. The molecule has 0 aromatic carbocycles. The van der Waals surface area contributed by atoms with Gasteiger partial charge in [-0.2, -0.15) is 11.8 Å². The SMILES string of the molecule is CCSC1CCCC1n1c(CCl)nc2c(C)ccnc21. The number of aromatic nitrogens is 3. The van der Waals surface area contributed by atoms with Gasteiger partial charge < -0.3 is 4.57 Å². The van der Waals surface area contributed by atoms with Crippen LogP contribution in [0.3, 0.4) is 0 Å². The van der Waals surface area contributed by atoms with Crippen LogP contribution in [0.25, 0.3) is 11.2 Å². The van der Waals surface area contributed by atoms with Crippen molar-refractivity contribution in [2.45, 2.75) is 50.3 Å². The van der Waals surface area contributed by atoms with Crippen LogP contribution in [0.2, 0.25) is 0 Å². The average Bonchev–Trinajstić information content (AvgIpc) is 3.03. The molecular formula is C15H20ClN3S. The van der Waals surface area contributed by atoms with Crippen molar-refractivity contribution >= 4 is 34.5 Å². The first-order valence-electron chi connectivity index (χ1n) is 7.26. The highest BCUT2D eigenvalue weighted by Gasteiger charge is 2.31. The molecule has 0 N–H and O–H groups in total. The second-order valence-electron chi connectivity index (χ2n) is 5.32. The smallest absolute Gasteiger partial charge is 0.160 e. The van der Waals surface area contributed by atoms with Crippen LogP contribution in [-0.4, -0.2) is 25.5 Å². The number of aryl methyl sites for hydroxylation is 1. The number of fused-ring (bicyclic) bond motifs is 1. The molecule has 2 atom stereocenters. The van der Waals surface area contributed by atoms with Crippen LogP contribution in [0.4, 0.5) is 0 Å². The van der Waals surface area contributed by atoms with Gasteiger partial charge in [0.1, 0.15) is 11.3 Å². The van der Waals surface area contributed by atoms with E-state index in [1.165, 1.54) is 24.8 Å². The molecule has 3 rings (SSSR count). The molecule has 2 heterocycles. The van der Waals surface area contributed by atoms with E-state index in [2.05, 4.69) is 35.2 Å². The zero-order valence-electron chi connectivity index (χ0n) is 12.0. The topological polar surface area (TPSA) is 30.7 Å². The maximum atomic E-state index is 6.14. The lowest BCUT2D eigenvalue weighted by Gasteiger charge is -2.22. The summed E-state index contributed by atoms with van der Waals surface area (Å²) in [6.45, 7) is 4.32. The molecule has 2 unspecified atom stereocenters. The second kappa shape index (κ2) is 5.94. The first-order chi connectivity index (χ1) is 9.76. The minimum Gasteiger partial charge on any atom is -0.307 e. The van der Waals surface area contributed by atoms with Gasteiger partial charge >= 0.3 is 0 Å². The van der Waals surface area contributed by atoms with E-state index >= 15 is 0 Å². The minimum atomic E-state index is 0.454. The number of halogens is 1. The van der Waals surface area contributed by atoms with Gasteiger partial charge in [-0.3, -0.25) is 0 Å². The lowest BCUT2D eigenvalue weighted by atomic mass is 10.2. The Labute approximate surface area is 129 Å². The van der Waals surface area contributed by atoms with E-state index < -0.39 is 0 Å².